The number of nitrogens with one attached hydrogen (secondary N) is 1. The summed E-state index contributed by atoms with van der Waals surface area (Å²) in [5.41, 5.74) is -0.0145. The van der Waals surface area contributed by atoms with E-state index in [0.29, 0.717) is 5.92 Å². The molecule has 2 fully saturated rings. The molecule has 0 spiro atoms. The van der Waals surface area contributed by atoms with Crippen LogP contribution >= 0.6 is 0 Å². The second-order valence-corrected chi connectivity index (χ2v) is 5.94. The monoisotopic (exact) mass is 255 g/mol. The number of methoxy groups -OCH3 is 1. The third-order valence-electron chi connectivity index (χ3n) is 4.50. The molecule has 2 aliphatic rings. The van der Waals surface area contributed by atoms with Gasteiger partial charge in [0.1, 0.15) is 6.04 Å². The molecule has 0 aromatic heterocycles. The number of aliphatic hydroxyl groups excluding tert-OH is 1. The van der Waals surface area contributed by atoms with Gasteiger partial charge in [-0.05, 0) is 31.6 Å². The maximum Gasteiger partial charge on any atom is 0.323 e. The Labute approximate surface area is 109 Å². The molecule has 0 aliphatic heterocycles. The molecule has 2 saturated carbocycles. The normalized spacial score (nSPS) is 24.6. The number of aliphatic hydroxyl groups is 1. The molecule has 0 radical (unpaired) electrons. The van der Waals surface area contributed by atoms with Crippen LogP contribution in [0, 0.1) is 11.3 Å². The first-order valence-electron chi connectivity index (χ1n) is 7.13. The van der Waals surface area contributed by atoms with Crippen LogP contribution in [0.4, 0.5) is 0 Å². The maximum absolute atomic E-state index is 11.7. The summed E-state index contributed by atoms with van der Waals surface area (Å²) in [6.45, 7) is 0.957. The van der Waals surface area contributed by atoms with Gasteiger partial charge in [0.25, 0.3) is 0 Å². The second-order valence-electron chi connectivity index (χ2n) is 5.94. The Kier molecular flexibility index (Phi) is 4.62. The van der Waals surface area contributed by atoms with Crippen LogP contribution in [-0.4, -0.2) is 37.4 Å². The van der Waals surface area contributed by atoms with E-state index in [9.17, 15) is 9.90 Å². The van der Waals surface area contributed by atoms with Crippen molar-refractivity contribution in [3.05, 3.63) is 0 Å². The molecule has 2 aliphatic carbocycles. The van der Waals surface area contributed by atoms with E-state index in [2.05, 4.69) is 5.32 Å². The zero-order chi connectivity index (χ0) is 13.0. The smallest absolute Gasteiger partial charge is 0.323 e. The molecule has 0 bridgehead atoms. The fourth-order valence-corrected chi connectivity index (χ4v) is 3.02. The van der Waals surface area contributed by atoms with E-state index in [-0.39, 0.29) is 24.0 Å². The summed E-state index contributed by atoms with van der Waals surface area (Å²) in [5, 5.41) is 13.0. The van der Waals surface area contributed by atoms with Crippen LogP contribution in [0.2, 0.25) is 0 Å². The fourth-order valence-electron chi connectivity index (χ4n) is 3.02. The molecule has 2 N–H and O–H groups in total. The first kappa shape index (κ1) is 13.8. The molecule has 18 heavy (non-hydrogen) atoms. The van der Waals surface area contributed by atoms with Gasteiger partial charge in [-0.3, -0.25) is 4.79 Å². The largest absolute Gasteiger partial charge is 0.468 e. The van der Waals surface area contributed by atoms with Crippen molar-refractivity contribution in [1.82, 2.24) is 5.32 Å². The highest BCUT2D eigenvalue weighted by Gasteiger charge is 2.39. The van der Waals surface area contributed by atoms with Crippen LogP contribution in [0.5, 0.6) is 0 Å². The average Bonchev–Trinajstić information content (AvgIpc) is 3.24. The van der Waals surface area contributed by atoms with Gasteiger partial charge in [-0.15, -0.1) is 0 Å². The van der Waals surface area contributed by atoms with Gasteiger partial charge in [-0.25, -0.2) is 0 Å². The quantitative estimate of drug-likeness (QED) is 0.706. The zero-order valence-corrected chi connectivity index (χ0v) is 11.3. The SMILES string of the molecule is COC(=O)C(NCC1(CO)CCCCC1)C1CC1. The Morgan fingerprint density at radius 1 is 1.39 bits per heavy atom. The van der Waals surface area contributed by atoms with Crippen LogP contribution in [0.15, 0.2) is 0 Å². The van der Waals surface area contributed by atoms with Crippen molar-refractivity contribution >= 4 is 5.97 Å². The number of esters is 1. The molecule has 1 unspecified atom stereocenters. The van der Waals surface area contributed by atoms with Crippen molar-refractivity contribution in [2.45, 2.75) is 51.0 Å². The van der Waals surface area contributed by atoms with Gasteiger partial charge >= 0.3 is 5.97 Å². The van der Waals surface area contributed by atoms with Crippen LogP contribution in [0.1, 0.15) is 44.9 Å². The Morgan fingerprint density at radius 3 is 2.56 bits per heavy atom. The van der Waals surface area contributed by atoms with Crippen molar-refractivity contribution in [1.29, 1.82) is 0 Å². The number of hydrogen-bond acceptors (Lipinski definition) is 4. The summed E-state index contributed by atoms with van der Waals surface area (Å²) < 4.78 is 4.86. The number of carbonyl (C=O) groups is 1. The predicted molar refractivity (Wildman–Crippen MR) is 69.1 cm³/mol. The van der Waals surface area contributed by atoms with Crippen LogP contribution in [-0.2, 0) is 9.53 Å². The van der Waals surface area contributed by atoms with Gasteiger partial charge < -0.3 is 15.2 Å². The third-order valence-corrected chi connectivity index (χ3v) is 4.50. The summed E-state index contributed by atoms with van der Waals surface area (Å²) in [6, 6.07) is -0.166. The highest BCUT2D eigenvalue weighted by molar-refractivity contribution is 5.76. The van der Waals surface area contributed by atoms with E-state index in [4.69, 9.17) is 4.74 Å². The fraction of sp³-hybridized carbons (Fsp3) is 0.929. The lowest BCUT2D eigenvalue weighted by Crippen LogP contribution is -2.47. The predicted octanol–water partition coefficient (Wildman–Crippen LogP) is 1.47. The Morgan fingerprint density at radius 2 is 2.06 bits per heavy atom. The van der Waals surface area contributed by atoms with Gasteiger partial charge in [0.2, 0.25) is 0 Å². The zero-order valence-electron chi connectivity index (χ0n) is 11.3. The van der Waals surface area contributed by atoms with E-state index >= 15 is 0 Å². The van der Waals surface area contributed by atoms with Gasteiger partial charge in [-0.1, -0.05) is 19.3 Å². The first-order valence-corrected chi connectivity index (χ1v) is 7.13. The standard InChI is InChI=1S/C14H25NO3/c1-18-13(17)12(11-5-6-11)15-9-14(10-16)7-3-2-4-8-14/h11-12,15-16H,2-10H2,1H3. The van der Waals surface area contributed by atoms with Crippen molar-refractivity contribution < 1.29 is 14.6 Å². The third kappa shape index (κ3) is 3.23. The summed E-state index contributed by atoms with van der Waals surface area (Å²) in [5.74, 6) is 0.290. The minimum atomic E-state index is -0.166. The van der Waals surface area contributed by atoms with Crippen molar-refractivity contribution in [3.8, 4) is 0 Å². The molecule has 0 amide bonds. The Hall–Kier alpha value is -0.610. The van der Waals surface area contributed by atoms with Gasteiger partial charge in [-0.2, -0.15) is 0 Å². The average molecular weight is 255 g/mol. The van der Waals surface area contributed by atoms with E-state index < -0.39 is 0 Å². The maximum atomic E-state index is 11.7. The number of rotatable bonds is 6. The molecule has 4 heteroatoms. The van der Waals surface area contributed by atoms with Gasteiger partial charge in [0.05, 0.1) is 7.11 Å². The van der Waals surface area contributed by atoms with Gasteiger partial charge in [0.15, 0.2) is 0 Å². The van der Waals surface area contributed by atoms with E-state index in [1.807, 2.05) is 0 Å². The summed E-state index contributed by atoms with van der Waals surface area (Å²) in [6.07, 6.45) is 8.00. The molecule has 0 saturated heterocycles. The molecule has 104 valence electrons. The molecular weight excluding hydrogens is 230 g/mol. The van der Waals surface area contributed by atoms with Crippen molar-refractivity contribution in [2.75, 3.05) is 20.3 Å². The molecule has 0 aromatic carbocycles. The Balaban J connectivity index is 1.88. The van der Waals surface area contributed by atoms with Crippen LogP contribution in [0.3, 0.4) is 0 Å². The Bertz CT molecular complexity index is 283. The van der Waals surface area contributed by atoms with E-state index in [0.717, 1.165) is 32.2 Å². The van der Waals surface area contributed by atoms with E-state index in [1.54, 1.807) is 0 Å². The summed E-state index contributed by atoms with van der Waals surface area (Å²) in [4.78, 5) is 11.7. The van der Waals surface area contributed by atoms with Crippen LogP contribution < -0.4 is 5.32 Å². The highest BCUT2D eigenvalue weighted by Crippen LogP contribution is 2.37. The molecule has 4 nitrogen and oxygen atoms in total. The topological polar surface area (TPSA) is 58.6 Å². The number of hydrogen-bond donors (Lipinski definition) is 2. The molecular formula is C14H25NO3. The number of carbonyl (C=O) groups excluding carboxylic acids is 1. The van der Waals surface area contributed by atoms with Crippen LogP contribution in [0.25, 0.3) is 0 Å². The molecule has 1 atom stereocenters. The van der Waals surface area contributed by atoms with E-state index in [1.165, 1.54) is 26.4 Å². The lowest BCUT2D eigenvalue weighted by Gasteiger charge is -2.36. The molecule has 0 aromatic rings. The highest BCUT2D eigenvalue weighted by atomic mass is 16.5. The lowest BCUT2D eigenvalue weighted by atomic mass is 9.74. The van der Waals surface area contributed by atoms with Gasteiger partial charge in [0, 0.05) is 18.6 Å². The minimum Gasteiger partial charge on any atom is -0.468 e. The summed E-state index contributed by atoms with van der Waals surface area (Å²) in [7, 11) is 1.45. The summed E-state index contributed by atoms with van der Waals surface area (Å²) >= 11 is 0. The van der Waals surface area contributed by atoms with Crippen molar-refractivity contribution in [3.63, 3.8) is 0 Å². The molecule has 0 heterocycles. The first-order chi connectivity index (χ1) is 8.71. The molecule has 2 rings (SSSR count). The second kappa shape index (κ2) is 6.02. The number of ether oxygens (including phenoxy) is 1. The minimum absolute atomic E-state index is 0.0145. The van der Waals surface area contributed by atoms with Crippen molar-refractivity contribution in [2.24, 2.45) is 11.3 Å². The lowest BCUT2D eigenvalue weighted by molar-refractivity contribution is -0.144.